The Balaban J connectivity index is 2.27. The average molecular weight is 204 g/mol. The maximum atomic E-state index is 2.33. The van der Waals surface area contributed by atoms with Gasteiger partial charge in [0.05, 0.1) is 19.6 Å². The van der Waals surface area contributed by atoms with Crippen LogP contribution in [0.4, 0.5) is 5.69 Å². The molecule has 0 aliphatic carbocycles. The van der Waals surface area contributed by atoms with Crippen molar-refractivity contribution in [2.75, 3.05) is 19.6 Å². The lowest BCUT2D eigenvalue weighted by molar-refractivity contribution is 0.297. The molecule has 0 saturated carbocycles. The average Bonchev–Trinajstić information content (AvgIpc) is 2.56. The molecule has 0 unspecified atom stereocenters. The van der Waals surface area contributed by atoms with E-state index in [-0.39, 0.29) is 0 Å². The summed E-state index contributed by atoms with van der Waals surface area (Å²) in [5.41, 5.74) is 1.52. The first-order chi connectivity index (χ1) is 7.37. The third kappa shape index (κ3) is 2.23. The second kappa shape index (κ2) is 4.80. The van der Waals surface area contributed by atoms with Crippen LogP contribution in [0.3, 0.4) is 0 Å². The van der Waals surface area contributed by atoms with E-state index >= 15 is 0 Å². The maximum absolute atomic E-state index is 2.33. The zero-order valence-corrected chi connectivity index (χ0v) is 9.78. The van der Waals surface area contributed by atoms with Gasteiger partial charge in [0, 0.05) is 0 Å². The van der Waals surface area contributed by atoms with Crippen LogP contribution in [-0.2, 0) is 0 Å². The van der Waals surface area contributed by atoms with Crippen LogP contribution in [0.15, 0.2) is 30.3 Å². The van der Waals surface area contributed by atoms with Gasteiger partial charge in [-0.25, -0.2) is 0 Å². The summed E-state index contributed by atoms with van der Waals surface area (Å²) in [6.45, 7) is 6.24. The number of nitrogens with zero attached hydrogens (tertiary/aromatic N) is 1. The van der Waals surface area contributed by atoms with Gasteiger partial charge in [-0.2, -0.15) is 0 Å². The van der Waals surface area contributed by atoms with Crippen LogP contribution in [0.5, 0.6) is 0 Å². The molecule has 82 valence electrons. The molecule has 0 N–H and O–H groups in total. The summed E-state index contributed by atoms with van der Waals surface area (Å²) >= 11 is 0. The van der Waals surface area contributed by atoms with Crippen LogP contribution in [-0.4, -0.2) is 19.6 Å². The molecule has 0 bridgehead atoms. The molecule has 1 heterocycles. The van der Waals surface area contributed by atoms with Crippen LogP contribution < -0.4 is 4.48 Å². The quantitative estimate of drug-likeness (QED) is 0.646. The monoisotopic (exact) mass is 204 g/mol. The summed E-state index contributed by atoms with van der Waals surface area (Å²) in [5.74, 6) is 0. The highest BCUT2D eigenvalue weighted by molar-refractivity contribution is 5.42. The topological polar surface area (TPSA) is 0 Å². The molecule has 1 fully saturated rings. The van der Waals surface area contributed by atoms with Crippen LogP contribution in [0.1, 0.15) is 32.6 Å². The Morgan fingerprint density at radius 2 is 1.53 bits per heavy atom. The summed E-state index contributed by atoms with van der Waals surface area (Å²) in [6.07, 6.45) is 5.63. The first-order valence-corrected chi connectivity index (χ1v) is 6.29. The molecule has 1 nitrogen and oxygen atoms in total. The molecular formula is C14H22N+. The molecule has 1 heteroatoms. The highest BCUT2D eigenvalue weighted by Gasteiger charge is 2.28. The Morgan fingerprint density at radius 1 is 0.933 bits per heavy atom. The van der Waals surface area contributed by atoms with Gasteiger partial charge in [-0.3, -0.25) is 4.48 Å². The fourth-order valence-electron chi connectivity index (χ4n) is 2.80. The van der Waals surface area contributed by atoms with E-state index < -0.39 is 0 Å². The van der Waals surface area contributed by atoms with Crippen LogP contribution >= 0.6 is 0 Å². The van der Waals surface area contributed by atoms with E-state index in [1.807, 2.05) is 0 Å². The number of hydrogen-bond acceptors (Lipinski definition) is 0. The predicted molar refractivity (Wildman–Crippen MR) is 67.0 cm³/mol. The molecule has 0 radical (unpaired) electrons. The Hall–Kier alpha value is -0.820. The first kappa shape index (κ1) is 10.7. The van der Waals surface area contributed by atoms with Crippen molar-refractivity contribution >= 4 is 5.69 Å². The van der Waals surface area contributed by atoms with Gasteiger partial charge in [-0.1, -0.05) is 18.2 Å². The second-order valence-electron chi connectivity index (χ2n) is 4.66. The molecule has 0 atom stereocenters. The van der Waals surface area contributed by atoms with E-state index in [1.165, 1.54) is 55.5 Å². The van der Waals surface area contributed by atoms with Gasteiger partial charge in [0.15, 0.2) is 0 Å². The zero-order valence-electron chi connectivity index (χ0n) is 9.78. The summed E-state index contributed by atoms with van der Waals surface area (Å²) in [5, 5.41) is 0. The van der Waals surface area contributed by atoms with Crippen LogP contribution in [0.25, 0.3) is 0 Å². The summed E-state index contributed by atoms with van der Waals surface area (Å²) in [4.78, 5) is 0. The summed E-state index contributed by atoms with van der Waals surface area (Å²) in [6, 6.07) is 11.1. The third-order valence-electron chi connectivity index (χ3n) is 3.83. The van der Waals surface area contributed by atoms with E-state index in [9.17, 15) is 0 Å². The molecule has 1 saturated heterocycles. The lowest BCUT2D eigenvalue weighted by atomic mass is 10.2. The Kier molecular flexibility index (Phi) is 3.42. The molecule has 0 aromatic heterocycles. The number of likely N-dealkylation sites (tertiary alicyclic amines) is 1. The van der Waals surface area contributed by atoms with Crippen LogP contribution in [0.2, 0.25) is 0 Å². The fraction of sp³-hybridized carbons (Fsp3) is 0.571. The van der Waals surface area contributed by atoms with E-state index in [0.717, 1.165) is 0 Å². The van der Waals surface area contributed by atoms with E-state index in [1.54, 1.807) is 0 Å². The van der Waals surface area contributed by atoms with E-state index in [0.29, 0.717) is 0 Å². The Bertz CT molecular complexity index is 283. The van der Waals surface area contributed by atoms with Crippen molar-refractivity contribution in [1.29, 1.82) is 0 Å². The normalized spacial score (nSPS) is 20.9. The third-order valence-corrected chi connectivity index (χ3v) is 3.83. The standard InChI is InChI=1S/C14H22N/c1-2-15(12-8-3-4-9-13-15)14-10-6-5-7-11-14/h5-7,10-11H,2-4,8-9,12-13H2,1H3/q+1. The van der Waals surface area contributed by atoms with Gasteiger partial charge in [0.1, 0.15) is 5.69 Å². The molecule has 2 rings (SSSR count). The van der Waals surface area contributed by atoms with Crippen molar-refractivity contribution in [2.45, 2.75) is 32.6 Å². The minimum atomic E-state index is 1.21. The van der Waals surface area contributed by atoms with Crippen molar-refractivity contribution in [3.63, 3.8) is 0 Å². The maximum Gasteiger partial charge on any atom is 0.132 e. The highest BCUT2D eigenvalue weighted by atomic mass is 15.4. The van der Waals surface area contributed by atoms with Crippen molar-refractivity contribution in [3.8, 4) is 0 Å². The predicted octanol–water partition coefficient (Wildman–Crippen LogP) is 3.59. The molecular weight excluding hydrogens is 182 g/mol. The van der Waals surface area contributed by atoms with Gasteiger partial charge in [-0.05, 0) is 44.7 Å². The van der Waals surface area contributed by atoms with Crippen molar-refractivity contribution < 1.29 is 0 Å². The van der Waals surface area contributed by atoms with Crippen molar-refractivity contribution in [1.82, 2.24) is 4.48 Å². The van der Waals surface area contributed by atoms with Crippen molar-refractivity contribution in [2.24, 2.45) is 0 Å². The molecule has 1 aromatic rings. The number of quaternary nitrogens is 1. The lowest BCUT2D eigenvalue weighted by Gasteiger charge is -2.36. The minimum Gasteiger partial charge on any atom is -0.291 e. The van der Waals surface area contributed by atoms with Gasteiger partial charge in [0.25, 0.3) is 0 Å². The number of rotatable bonds is 2. The largest absolute Gasteiger partial charge is 0.291 e. The van der Waals surface area contributed by atoms with Crippen molar-refractivity contribution in [3.05, 3.63) is 30.3 Å². The minimum absolute atomic E-state index is 1.21. The molecule has 1 aliphatic rings. The number of benzene rings is 1. The van der Waals surface area contributed by atoms with Gasteiger partial charge in [0.2, 0.25) is 0 Å². The Labute approximate surface area is 93.3 Å². The molecule has 0 amide bonds. The zero-order chi connectivity index (χ0) is 10.6. The van der Waals surface area contributed by atoms with Crippen LogP contribution in [0, 0.1) is 0 Å². The molecule has 1 aromatic carbocycles. The summed E-state index contributed by atoms with van der Waals surface area (Å²) < 4.78 is 1.21. The smallest absolute Gasteiger partial charge is 0.132 e. The second-order valence-corrected chi connectivity index (χ2v) is 4.66. The van der Waals surface area contributed by atoms with E-state index in [4.69, 9.17) is 0 Å². The van der Waals surface area contributed by atoms with Gasteiger partial charge < -0.3 is 0 Å². The highest BCUT2D eigenvalue weighted by Crippen LogP contribution is 2.27. The number of hydrogen-bond donors (Lipinski definition) is 0. The fourth-order valence-corrected chi connectivity index (χ4v) is 2.80. The number of para-hydroxylation sites is 1. The first-order valence-electron chi connectivity index (χ1n) is 6.29. The lowest BCUT2D eigenvalue weighted by Crippen LogP contribution is -2.49. The van der Waals surface area contributed by atoms with Gasteiger partial charge >= 0.3 is 0 Å². The summed E-state index contributed by atoms with van der Waals surface area (Å²) in [7, 11) is 0. The molecule has 15 heavy (non-hydrogen) atoms. The molecule has 1 aliphatic heterocycles. The Morgan fingerprint density at radius 3 is 2.07 bits per heavy atom. The van der Waals surface area contributed by atoms with Gasteiger partial charge in [-0.15, -0.1) is 0 Å². The SMILES string of the molecule is CC[N+]1(c2ccccc2)CCCCCC1. The molecule has 0 spiro atoms. The van der Waals surface area contributed by atoms with E-state index in [2.05, 4.69) is 37.3 Å².